The van der Waals surface area contributed by atoms with E-state index in [2.05, 4.69) is 10.1 Å². The first-order chi connectivity index (χ1) is 14.3. The van der Waals surface area contributed by atoms with Gasteiger partial charge in [-0.2, -0.15) is 0 Å². The summed E-state index contributed by atoms with van der Waals surface area (Å²) in [6.07, 6.45) is 1.33. The standard InChI is InChI=1S/C21H17ClN2O6/c1-3-30-17-9-4-12(11-16(17)22)10-15-18(25)23-21(28)24(19(15)26)14-7-5-13(6-8-14)20(27)29-2/h4-11H,3H2,1-2H3,(H,23,25,28)/b15-10+. The molecule has 1 N–H and O–H groups in total. The molecule has 154 valence electrons. The van der Waals surface area contributed by atoms with Crippen LogP contribution in [-0.4, -0.2) is 37.5 Å². The van der Waals surface area contributed by atoms with Gasteiger partial charge in [0.1, 0.15) is 11.3 Å². The van der Waals surface area contributed by atoms with Crippen molar-refractivity contribution in [3.05, 3.63) is 64.2 Å². The predicted molar refractivity (Wildman–Crippen MR) is 109 cm³/mol. The van der Waals surface area contributed by atoms with Crippen LogP contribution in [0.25, 0.3) is 6.08 Å². The van der Waals surface area contributed by atoms with Crippen LogP contribution >= 0.6 is 11.6 Å². The molecule has 3 rings (SSSR count). The van der Waals surface area contributed by atoms with Gasteiger partial charge in [-0.25, -0.2) is 14.5 Å². The molecule has 1 saturated heterocycles. The van der Waals surface area contributed by atoms with E-state index >= 15 is 0 Å². The smallest absolute Gasteiger partial charge is 0.337 e. The fraction of sp³-hybridized carbons (Fsp3) is 0.143. The summed E-state index contributed by atoms with van der Waals surface area (Å²) in [5.41, 5.74) is 0.680. The molecule has 1 aliphatic rings. The normalized spacial score (nSPS) is 15.2. The fourth-order valence-electron chi connectivity index (χ4n) is 2.80. The number of methoxy groups -OCH3 is 1. The topological polar surface area (TPSA) is 102 Å². The van der Waals surface area contributed by atoms with E-state index in [0.29, 0.717) is 22.9 Å². The average molecular weight is 429 g/mol. The molecule has 0 spiro atoms. The molecular formula is C21H17ClN2O6. The van der Waals surface area contributed by atoms with E-state index in [-0.39, 0.29) is 16.8 Å². The number of ether oxygens (including phenoxy) is 2. The molecule has 0 bridgehead atoms. The number of imide groups is 2. The number of carbonyl (C=O) groups excluding carboxylic acids is 4. The molecule has 2 aromatic carbocycles. The summed E-state index contributed by atoms with van der Waals surface area (Å²) in [6.45, 7) is 2.26. The van der Waals surface area contributed by atoms with Crippen LogP contribution < -0.4 is 15.0 Å². The first-order valence-corrected chi connectivity index (χ1v) is 9.25. The molecule has 0 unspecified atom stereocenters. The van der Waals surface area contributed by atoms with Crippen LogP contribution in [0.2, 0.25) is 5.02 Å². The maximum absolute atomic E-state index is 12.9. The van der Waals surface area contributed by atoms with Gasteiger partial charge in [0.15, 0.2) is 0 Å². The third-order valence-corrected chi connectivity index (χ3v) is 4.51. The Morgan fingerprint density at radius 3 is 2.43 bits per heavy atom. The number of hydrogen-bond donors (Lipinski definition) is 1. The molecule has 0 atom stereocenters. The number of benzene rings is 2. The van der Waals surface area contributed by atoms with E-state index in [9.17, 15) is 19.2 Å². The van der Waals surface area contributed by atoms with Crippen molar-refractivity contribution in [2.24, 2.45) is 0 Å². The number of nitrogens with zero attached hydrogens (tertiary/aromatic N) is 1. The molecule has 1 heterocycles. The van der Waals surface area contributed by atoms with Crippen molar-refractivity contribution in [2.45, 2.75) is 6.92 Å². The SMILES string of the molecule is CCOc1ccc(/C=C2\C(=O)NC(=O)N(c3ccc(C(=O)OC)cc3)C2=O)cc1Cl. The van der Waals surface area contributed by atoms with Gasteiger partial charge in [-0.1, -0.05) is 17.7 Å². The van der Waals surface area contributed by atoms with Crippen LogP contribution in [0, 0.1) is 0 Å². The van der Waals surface area contributed by atoms with Gasteiger partial charge in [0.05, 0.1) is 30.0 Å². The van der Waals surface area contributed by atoms with Crippen LogP contribution in [0.3, 0.4) is 0 Å². The van der Waals surface area contributed by atoms with Gasteiger partial charge in [0.2, 0.25) is 0 Å². The largest absolute Gasteiger partial charge is 0.492 e. The number of hydrogen-bond acceptors (Lipinski definition) is 6. The highest BCUT2D eigenvalue weighted by molar-refractivity contribution is 6.39. The number of anilines is 1. The second kappa shape index (κ2) is 8.79. The van der Waals surface area contributed by atoms with E-state index in [0.717, 1.165) is 4.90 Å². The second-order valence-corrected chi connectivity index (χ2v) is 6.53. The van der Waals surface area contributed by atoms with E-state index in [1.165, 1.54) is 37.5 Å². The summed E-state index contributed by atoms with van der Waals surface area (Å²) in [6, 6.07) is 9.55. The van der Waals surface area contributed by atoms with Gasteiger partial charge >= 0.3 is 12.0 Å². The summed E-state index contributed by atoms with van der Waals surface area (Å²) in [5, 5.41) is 2.45. The minimum atomic E-state index is -0.891. The zero-order valence-corrected chi connectivity index (χ0v) is 16.9. The molecule has 9 heteroatoms. The minimum absolute atomic E-state index is 0.188. The lowest BCUT2D eigenvalue weighted by Crippen LogP contribution is -2.54. The van der Waals surface area contributed by atoms with Crippen LogP contribution in [-0.2, 0) is 14.3 Å². The van der Waals surface area contributed by atoms with E-state index < -0.39 is 23.8 Å². The lowest BCUT2D eigenvalue weighted by Gasteiger charge is -2.26. The van der Waals surface area contributed by atoms with Crippen molar-refractivity contribution in [3.8, 4) is 5.75 Å². The van der Waals surface area contributed by atoms with E-state index in [1.54, 1.807) is 18.2 Å². The summed E-state index contributed by atoms with van der Waals surface area (Å²) in [5.74, 6) is -1.71. The van der Waals surface area contributed by atoms with Crippen LogP contribution in [0.15, 0.2) is 48.0 Å². The number of amides is 4. The zero-order chi connectivity index (χ0) is 21.8. The predicted octanol–water partition coefficient (Wildman–Crippen LogP) is 3.19. The molecule has 8 nitrogen and oxygen atoms in total. The minimum Gasteiger partial charge on any atom is -0.492 e. The Bertz CT molecular complexity index is 1060. The lowest BCUT2D eigenvalue weighted by molar-refractivity contribution is -0.122. The molecule has 2 aromatic rings. The molecule has 4 amide bonds. The Kier molecular flexibility index (Phi) is 6.17. The Balaban J connectivity index is 1.93. The number of carbonyl (C=O) groups is 4. The second-order valence-electron chi connectivity index (χ2n) is 6.12. The molecule has 1 aliphatic heterocycles. The Morgan fingerprint density at radius 2 is 1.83 bits per heavy atom. The van der Waals surface area contributed by atoms with Crippen molar-refractivity contribution < 1.29 is 28.7 Å². The molecular weight excluding hydrogens is 412 g/mol. The van der Waals surface area contributed by atoms with Crippen LogP contribution in [0.1, 0.15) is 22.8 Å². The maximum Gasteiger partial charge on any atom is 0.337 e. The number of esters is 1. The van der Waals surface area contributed by atoms with E-state index in [4.69, 9.17) is 16.3 Å². The summed E-state index contributed by atoms with van der Waals surface area (Å²) >= 11 is 6.16. The Labute approximate surface area is 177 Å². The zero-order valence-electron chi connectivity index (χ0n) is 16.1. The number of barbiturate groups is 1. The molecule has 0 aromatic heterocycles. The third kappa shape index (κ3) is 4.18. The fourth-order valence-corrected chi connectivity index (χ4v) is 3.05. The Hall–Kier alpha value is -3.65. The number of nitrogens with one attached hydrogen (secondary N) is 1. The molecule has 0 aliphatic carbocycles. The van der Waals surface area contributed by atoms with E-state index in [1.807, 2.05) is 6.92 Å². The third-order valence-electron chi connectivity index (χ3n) is 4.22. The summed E-state index contributed by atoms with van der Waals surface area (Å²) in [7, 11) is 1.24. The summed E-state index contributed by atoms with van der Waals surface area (Å²) in [4.78, 5) is 49.8. The van der Waals surface area contributed by atoms with Gasteiger partial charge in [-0.15, -0.1) is 0 Å². The van der Waals surface area contributed by atoms with Crippen LogP contribution in [0.4, 0.5) is 10.5 Å². The first-order valence-electron chi connectivity index (χ1n) is 8.88. The molecule has 1 fully saturated rings. The van der Waals surface area contributed by atoms with Gasteiger partial charge in [0, 0.05) is 0 Å². The van der Waals surface area contributed by atoms with Crippen molar-refractivity contribution in [1.82, 2.24) is 5.32 Å². The van der Waals surface area contributed by atoms with Gasteiger partial charge in [0.25, 0.3) is 11.8 Å². The highest BCUT2D eigenvalue weighted by Gasteiger charge is 2.36. The molecule has 0 saturated carbocycles. The molecule has 0 radical (unpaired) electrons. The number of urea groups is 1. The Morgan fingerprint density at radius 1 is 1.13 bits per heavy atom. The van der Waals surface area contributed by atoms with Crippen LogP contribution in [0.5, 0.6) is 5.75 Å². The highest BCUT2D eigenvalue weighted by atomic mass is 35.5. The van der Waals surface area contributed by atoms with Gasteiger partial charge < -0.3 is 9.47 Å². The summed E-state index contributed by atoms with van der Waals surface area (Å²) < 4.78 is 9.99. The highest BCUT2D eigenvalue weighted by Crippen LogP contribution is 2.28. The lowest BCUT2D eigenvalue weighted by atomic mass is 10.1. The van der Waals surface area contributed by atoms with Crippen molar-refractivity contribution in [1.29, 1.82) is 0 Å². The quantitative estimate of drug-likeness (QED) is 0.446. The average Bonchev–Trinajstić information content (AvgIpc) is 2.73. The number of rotatable bonds is 5. The monoisotopic (exact) mass is 428 g/mol. The molecule has 30 heavy (non-hydrogen) atoms. The van der Waals surface area contributed by atoms with Crippen molar-refractivity contribution in [3.63, 3.8) is 0 Å². The maximum atomic E-state index is 12.9. The van der Waals surface area contributed by atoms with Gasteiger partial charge in [-0.3, -0.25) is 14.9 Å². The van der Waals surface area contributed by atoms with Crippen molar-refractivity contribution >= 4 is 47.2 Å². The number of halogens is 1. The first kappa shape index (κ1) is 21.1. The van der Waals surface area contributed by atoms with Gasteiger partial charge in [-0.05, 0) is 55.0 Å². The van der Waals surface area contributed by atoms with Crippen molar-refractivity contribution in [2.75, 3.05) is 18.6 Å².